The Bertz CT molecular complexity index is 702. The topological polar surface area (TPSA) is 54.7 Å². The van der Waals surface area contributed by atoms with E-state index in [-0.39, 0.29) is 5.63 Å². The smallest absolute Gasteiger partial charge is 0.336 e. The van der Waals surface area contributed by atoms with Crippen molar-refractivity contribution in [2.24, 2.45) is 0 Å². The zero-order valence-corrected chi connectivity index (χ0v) is 12.4. The molecule has 112 valence electrons. The summed E-state index contributed by atoms with van der Waals surface area (Å²) in [5.74, 6) is 0.615. The summed E-state index contributed by atoms with van der Waals surface area (Å²) in [7, 11) is 1.59. The summed E-state index contributed by atoms with van der Waals surface area (Å²) in [6.07, 6.45) is 0. The number of aryl methyl sites for hydroxylation is 1. The van der Waals surface area contributed by atoms with Crippen LogP contribution in [0.25, 0.3) is 11.0 Å². The number of benzene rings is 1. The van der Waals surface area contributed by atoms with E-state index in [1.807, 2.05) is 13.0 Å². The number of nitrogens with one attached hydrogen (secondary N) is 1. The molecule has 3 rings (SSSR count). The van der Waals surface area contributed by atoms with Gasteiger partial charge >= 0.3 is 5.63 Å². The van der Waals surface area contributed by atoms with Gasteiger partial charge in [0, 0.05) is 44.2 Å². The molecule has 0 saturated carbocycles. The summed E-state index contributed by atoms with van der Waals surface area (Å²) in [6, 6.07) is 5.54. The summed E-state index contributed by atoms with van der Waals surface area (Å²) < 4.78 is 10.7. The lowest BCUT2D eigenvalue weighted by molar-refractivity contribution is 0.233. The molecule has 1 aliphatic rings. The van der Waals surface area contributed by atoms with E-state index in [1.165, 1.54) is 0 Å². The number of fused-ring (bicyclic) bond motifs is 1. The summed E-state index contributed by atoms with van der Waals surface area (Å²) in [5.41, 5.74) is 2.32. The van der Waals surface area contributed by atoms with Gasteiger partial charge in [-0.1, -0.05) is 0 Å². The molecule has 0 bridgehead atoms. The Hall–Kier alpha value is -1.85. The van der Waals surface area contributed by atoms with Crippen LogP contribution in [0.3, 0.4) is 0 Å². The highest BCUT2D eigenvalue weighted by Crippen LogP contribution is 2.29. The van der Waals surface area contributed by atoms with Gasteiger partial charge in [-0.15, -0.1) is 0 Å². The van der Waals surface area contributed by atoms with Crippen LogP contribution in [0.1, 0.15) is 11.1 Å². The third-order valence-electron chi connectivity index (χ3n) is 3.86. The van der Waals surface area contributed by atoms with Crippen molar-refractivity contribution in [2.75, 3.05) is 33.3 Å². The van der Waals surface area contributed by atoms with Crippen molar-refractivity contribution in [1.82, 2.24) is 10.2 Å². The van der Waals surface area contributed by atoms with E-state index < -0.39 is 0 Å². The fourth-order valence-corrected chi connectivity index (χ4v) is 2.83. The Morgan fingerprint density at radius 2 is 2.05 bits per heavy atom. The third kappa shape index (κ3) is 2.94. The quantitative estimate of drug-likeness (QED) is 0.868. The molecule has 0 unspecified atom stereocenters. The minimum Gasteiger partial charge on any atom is -0.493 e. The fourth-order valence-electron chi connectivity index (χ4n) is 2.83. The average molecular weight is 288 g/mol. The van der Waals surface area contributed by atoms with Gasteiger partial charge in [-0.05, 0) is 30.2 Å². The van der Waals surface area contributed by atoms with Gasteiger partial charge < -0.3 is 14.5 Å². The Morgan fingerprint density at radius 3 is 2.76 bits per heavy atom. The predicted molar refractivity (Wildman–Crippen MR) is 81.9 cm³/mol. The van der Waals surface area contributed by atoms with E-state index >= 15 is 0 Å². The molecule has 2 aromatic rings. The second-order valence-electron chi connectivity index (χ2n) is 5.46. The molecule has 0 atom stereocenters. The Balaban J connectivity index is 2.08. The number of nitrogens with zero attached hydrogens (tertiary/aromatic N) is 1. The lowest BCUT2D eigenvalue weighted by Gasteiger charge is -2.27. The summed E-state index contributed by atoms with van der Waals surface area (Å²) >= 11 is 0. The van der Waals surface area contributed by atoms with Gasteiger partial charge in [0.2, 0.25) is 0 Å². The van der Waals surface area contributed by atoms with E-state index in [0.717, 1.165) is 49.2 Å². The average Bonchev–Trinajstić information content (AvgIpc) is 2.48. The number of piperazine rings is 1. The summed E-state index contributed by atoms with van der Waals surface area (Å²) in [4.78, 5) is 14.2. The van der Waals surface area contributed by atoms with Gasteiger partial charge in [-0.25, -0.2) is 4.79 Å². The van der Waals surface area contributed by atoms with Crippen LogP contribution < -0.4 is 15.7 Å². The molecule has 1 aliphatic heterocycles. The van der Waals surface area contributed by atoms with Crippen LogP contribution in [-0.2, 0) is 6.54 Å². The molecule has 1 aromatic carbocycles. The van der Waals surface area contributed by atoms with Crippen LogP contribution in [0, 0.1) is 6.92 Å². The van der Waals surface area contributed by atoms with Crippen LogP contribution >= 0.6 is 0 Å². The van der Waals surface area contributed by atoms with Crippen molar-refractivity contribution in [3.63, 3.8) is 0 Å². The van der Waals surface area contributed by atoms with Gasteiger partial charge in [0.15, 0.2) is 11.3 Å². The molecule has 5 nitrogen and oxygen atoms in total. The molecule has 1 N–H and O–H groups in total. The molecular formula is C16H20N2O3. The fraction of sp³-hybridized carbons (Fsp3) is 0.438. The normalized spacial score (nSPS) is 16.3. The van der Waals surface area contributed by atoms with Gasteiger partial charge in [0.1, 0.15) is 0 Å². The first-order valence-electron chi connectivity index (χ1n) is 7.22. The predicted octanol–water partition coefficient (Wildman–Crippen LogP) is 1.52. The molecule has 1 saturated heterocycles. The maximum absolute atomic E-state index is 11.8. The SMILES string of the molecule is COc1cc(C)cc2c(CN3CCNCC3)cc(=O)oc12. The second kappa shape index (κ2) is 5.87. The molecule has 0 spiro atoms. The molecule has 1 fully saturated rings. The monoisotopic (exact) mass is 288 g/mol. The van der Waals surface area contributed by atoms with Crippen LogP contribution in [0.5, 0.6) is 5.75 Å². The van der Waals surface area contributed by atoms with E-state index in [9.17, 15) is 4.79 Å². The number of methoxy groups -OCH3 is 1. The number of ether oxygens (including phenoxy) is 1. The first-order chi connectivity index (χ1) is 10.2. The van der Waals surface area contributed by atoms with Crippen molar-refractivity contribution in [3.05, 3.63) is 39.7 Å². The molecule has 2 heterocycles. The van der Waals surface area contributed by atoms with Crippen LogP contribution in [0.15, 0.2) is 27.4 Å². The molecular weight excluding hydrogens is 268 g/mol. The van der Waals surface area contributed by atoms with E-state index in [1.54, 1.807) is 13.2 Å². The van der Waals surface area contributed by atoms with Gasteiger partial charge in [-0.2, -0.15) is 0 Å². The number of rotatable bonds is 3. The Labute approximate surface area is 123 Å². The van der Waals surface area contributed by atoms with E-state index in [2.05, 4.69) is 16.3 Å². The maximum Gasteiger partial charge on any atom is 0.336 e. The van der Waals surface area contributed by atoms with Crippen molar-refractivity contribution >= 4 is 11.0 Å². The lowest BCUT2D eigenvalue weighted by Crippen LogP contribution is -2.43. The molecule has 5 heteroatoms. The first-order valence-corrected chi connectivity index (χ1v) is 7.22. The highest BCUT2D eigenvalue weighted by molar-refractivity contribution is 5.86. The summed E-state index contributed by atoms with van der Waals surface area (Å²) in [6.45, 7) is 6.73. The van der Waals surface area contributed by atoms with E-state index in [4.69, 9.17) is 9.15 Å². The van der Waals surface area contributed by atoms with Gasteiger partial charge in [0.05, 0.1) is 7.11 Å². The van der Waals surface area contributed by atoms with Crippen LogP contribution in [-0.4, -0.2) is 38.2 Å². The van der Waals surface area contributed by atoms with Crippen molar-refractivity contribution < 1.29 is 9.15 Å². The summed E-state index contributed by atoms with van der Waals surface area (Å²) in [5, 5.41) is 4.30. The highest BCUT2D eigenvalue weighted by Gasteiger charge is 2.15. The zero-order chi connectivity index (χ0) is 14.8. The molecule has 0 aliphatic carbocycles. The van der Waals surface area contributed by atoms with Crippen LogP contribution in [0.4, 0.5) is 0 Å². The highest BCUT2D eigenvalue weighted by atomic mass is 16.5. The van der Waals surface area contributed by atoms with Gasteiger partial charge in [0.25, 0.3) is 0 Å². The number of hydrogen-bond donors (Lipinski definition) is 1. The Morgan fingerprint density at radius 1 is 1.29 bits per heavy atom. The second-order valence-corrected chi connectivity index (χ2v) is 5.46. The van der Waals surface area contributed by atoms with Crippen molar-refractivity contribution in [1.29, 1.82) is 0 Å². The lowest BCUT2D eigenvalue weighted by atomic mass is 10.1. The first kappa shape index (κ1) is 14.1. The molecule has 0 amide bonds. The minimum atomic E-state index is -0.324. The standard InChI is InChI=1S/C16H20N2O3/c1-11-7-13-12(10-18-5-3-17-4-6-18)9-15(19)21-16(13)14(8-11)20-2/h7-9,17H,3-6,10H2,1-2H3. The van der Waals surface area contributed by atoms with Crippen molar-refractivity contribution in [3.8, 4) is 5.75 Å². The third-order valence-corrected chi connectivity index (χ3v) is 3.86. The largest absolute Gasteiger partial charge is 0.493 e. The van der Waals surface area contributed by atoms with Gasteiger partial charge in [-0.3, -0.25) is 4.90 Å². The Kier molecular flexibility index (Phi) is 3.94. The van der Waals surface area contributed by atoms with Crippen LogP contribution in [0.2, 0.25) is 0 Å². The molecule has 1 aromatic heterocycles. The zero-order valence-electron chi connectivity index (χ0n) is 12.4. The minimum absolute atomic E-state index is 0.324. The van der Waals surface area contributed by atoms with E-state index in [0.29, 0.717) is 11.3 Å². The molecule has 21 heavy (non-hydrogen) atoms. The maximum atomic E-state index is 11.8. The number of hydrogen-bond acceptors (Lipinski definition) is 5. The van der Waals surface area contributed by atoms with Crippen molar-refractivity contribution in [2.45, 2.75) is 13.5 Å². The molecule has 0 radical (unpaired) electrons.